The molecule has 0 unspecified atom stereocenters. The van der Waals surface area contributed by atoms with E-state index >= 15 is 0 Å². The van der Waals surface area contributed by atoms with Crippen LogP contribution in [0, 0.1) is 20.8 Å². The van der Waals surface area contributed by atoms with Gasteiger partial charge in [-0.25, -0.2) is 9.97 Å². The number of aryl methyl sites for hydroxylation is 4. The number of H-pyrrole nitrogens is 1. The van der Waals surface area contributed by atoms with Crippen LogP contribution in [0.25, 0.3) is 22.6 Å². The monoisotopic (exact) mass is 374 g/mol. The van der Waals surface area contributed by atoms with Crippen LogP contribution in [-0.2, 0) is 19.5 Å². The van der Waals surface area contributed by atoms with Gasteiger partial charge in [0.05, 0.1) is 36.3 Å². The Hall–Kier alpha value is -3.15. The van der Waals surface area contributed by atoms with Crippen molar-refractivity contribution in [2.45, 2.75) is 47.2 Å². The van der Waals surface area contributed by atoms with E-state index in [0.717, 1.165) is 53.5 Å². The first-order valence-electron chi connectivity index (χ1n) is 9.74. The molecular weight excluding hydrogens is 348 g/mol. The lowest BCUT2D eigenvalue weighted by atomic mass is 10.1. The zero-order chi connectivity index (χ0) is 19.7. The fourth-order valence-corrected chi connectivity index (χ4v) is 3.87. The Kier molecular flexibility index (Phi) is 4.86. The molecule has 1 N–H and O–H groups in total. The van der Waals surface area contributed by atoms with Crippen LogP contribution in [0.4, 0.5) is 0 Å². The molecule has 0 aliphatic heterocycles. The van der Waals surface area contributed by atoms with Crippen LogP contribution >= 0.6 is 0 Å². The van der Waals surface area contributed by atoms with Crippen LogP contribution in [0.3, 0.4) is 0 Å². The van der Waals surface area contributed by atoms with Crippen molar-refractivity contribution in [2.24, 2.45) is 0 Å². The van der Waals surface area contributed by atoms with Gasteiger partial charge in [0.25, 0.3) is 0 Å². The highest BCUT2D eigenvalue weighted by molar-refractivity contribution is 5.77. The van der Waals surface area contributed by atoms with E-state index in [0.29, 0.717) is 0 Å². The van der Waals surface area contributed by atoms with Crippen LogP contribution in [0.15, 0.2) is 43.0 Å². The van der Waals surface area contributed by atoms with E-state index in [1.54, 1.807) is 6.33 Å². The van der Waals surface area contributed by atoms with Gasteiger partial charge in [0.2, 0.25) is 0 Å². The molecule has 4 aromatic rings. The number of nitrogens with zero attached hydrogens (tertiary/aromatic N) is 5. The maximum atomic E-state index is 4.74. The summed E-state index contributed by atoms with van der Waals surface area (Å²) in [6, 6.07) is 10.3. The number of rotatable bonds is 6. The quantitative estimate of drug-likeness (QED) is 0.546. The summed E-state index contributed by atoms with van der Waals surface area (Å²) in [4.78, 5) is 12.5. The summed E-state index contributed by atoms with van der Waals surface area (Å²) in [6.45, 7) is 10.1. The molecule has 0 aliphatic carbocycles. The SMILES string of the molecule is CCc1c(C)nn(CCn2cnc(-c3ccccc3)c2-c2nc[nH]c2C)c1C. The van der Waals surface area contributed by atoms with Crippen molar-refractivity contribution in [1.29, 1.82) is 0 Å². The number of imidazole rings is 2. The maximum Gasteiger partial charge on any atom is 0.110 e. The maximum absolute atomic E-state index is 4.74. The van der Waals surface area contributed by atoms with E-state index < -0.39 is 0 Å². The Balaban J connectivity index is 1.72. The average molecular weight is 374 g/mol. The van der Waals surface area contributed by atoms with E-state index in [2.05, 4.69) is 52.1 Å². The van der Waals surface area contributed by atoms with Crippen LogP contribution in [0.5, 0.6) is 0 Å². The predicted molar refractivity (Wildman–Crippen MR) is 111 cm³/mol. The second-order valence-corrected chi connectivity index (χ2v) is 7.10. The van der Waals surface area contributed by atoms with Gasteiger partial charge in [-0.15, -0.1) is 0 Å². The van der Waals surface area contributed by atoms with Gasteiger partial charge in [-0.3, -0.25) is 4.68 Å². The van der Waals surface area contributed by atoms with E-state index in [4.69, 9.17) is 10.1 Å². The van der Waals surface area contributed by atoms with Crippen molar-refractivity contribution in [1.82, 2.24) is 29.3 Å². The third kappa shape index (κ3) is 3.15. The van der Waals surface area contributed by atoms with E-state index in [1.807, 2.05) is 31.5 Å². The Bertz CT molecular complexity index is 1080. The predicted octanol–water partition coefficient (Wildman–Crippen LogP) is 4.32. The molecule has 0 radical (unpaired) electrons. The molecule has 0 bridgehead atoms. The van der Waals surface area contributed by atoms with Gasteiger partial charge < -0.3 is 9.55 Å². The smallest absolute Gasteiger partial charge is 0.110 e. The molecule has 144 valence electrons. The highest BCUT2D eigenvalue weighted by Crippen LogP contribution is 2.31. The van der Waals surface area contributed by atoms with Crippen LogP contribution in [0.1, 0.15) is 29.6 Å². The van der Waals surface area contributed by atoms with Crippen molar-refractivity contribution < 1.29 is 0 Å². The van der Waals surface area contributed by atoms with E-state index in [9.17, 15) is 0 Å². The fourth-order valence-electron chi connectivity index (χ4n) is 3.87. The molecule has 0 saturated heterocycles. The molecule has 6 nitrogen and oxygen atoms in total. The molecule has 0 saturated carbocycles. The Morgan fingerprint density at radius 1 is 0.964 bits per heavy atom. The topological polar surface area (TPSA) is 64.3 Å². The summed E-state index contributed by atoms with van der Waals surface area (Å²) in [6.07, 6.45) is 4.67. The molecule has 3 aromatic heterocycles. The Labute approximate surface area is 165 Å². The molecular formula is C22H26N6. The lowest BCUT2D eigenvalue weighted by Crippen LogP contribution is -2.11. The van der Waals surface area contributed by atoms with Crippen molar-refractivity contribution in [3.05, 3.63) is 65.6 Å². The summed E-state index contributed by atoms with van der Waals surface area (Å²) in [7, 11) is 0. The first-order valence-corrected chi connectivity index (χ1v) is 9.74. The summed E-state index contributed by atoms with van der Waals surface area (Å²) in [5.74, 6) is 0. The third-order valence-electron chi connectivity index (χ3n) is 5.38. The number of hydrogen-bond acceptors (Lipinski definition) is 3. The lowest BCUT2D eigenvalue weighted by molar-refractivity contribution is 0.522. The number of aromatic nitrogens is 6. The second kappa shape index (κ2) is 7.46. The number of benzene rings is 1. The Morgan fingerprint density at radius 3 is 2.39 bits per heavy atom. The summed E-state index contributed by atoms with van der Waals surface area (Å²) in [5.41, 5.74) is 8.80. The highest BCUT2D eigenvalue weighted by atomic mass is 15.3. The molecule has 1 aromatic carbocycles. The minimum atomic E-state index is 0.784. The number of nitrogens with one attached hydrogen (secondary N) is 1. The highest BCUT2D eigenvalue weighted by Gasteiger charge is 2.19. The summed E-state index contributed by atoms with van der Waals surface area (Å²) in [5, 5.41) is 4.73. The van der Waals surface area contributed by atoms with E-state index in [-0.39, 0.29) is 0 Å². The first kappa shape index (κ1) is 18.2. The third-order valence-corrected chi connectivity index (χ3v) is 5.38. The van der Waals surface area contributed by atoms with Gasteiger partial charge in [-0.1, -0.05) is 37.3 Å². The summed E-state index contributed by atoms with van der Waals surface area (Å²) < 4.78 is 4.30. The van der Waals surface area contributed by atoms with Crippen LogP contribution in [-0.4, -0.2) is 29.3 Å². The Morgan fingerprint density at radius 2 is 1.75 bits per heavy atom. The minimum absolute atomic E-state index is 0.784. The van der Waals surface area contributed by atoms with Gasteiger partial charge >= 0.3 is 0 Å². The van der Waals surface area contributed by atoms with E-state index in [1.165, 1.54) is 11.3 Å². The average Bonchev–Trinajstić information content (AvgIpc) is 3.38. The molecule has 0 spiro atoms. The minimum Gasteiger partial charge on any atom is -0.348 e. The molecule has 6 heteroatoms. The van der Waals surface area contributed by atoms with Gasteiger partial charge in [0.1, 0.15) is 5.69 Å². The van der Waals surface area contributed by atoms with Gasteiger partial charge in [0.15, 0.2) is 0 Å². The largest absolute Gasteiger partial charge is 0.348 e. The molecule has 3 heterocycles. The van der Waals surface area contributed by atoms with Gasteiger partial charge in [0, 0.05) is 23.5 Å². The fraction of sp³-hybridized carbons (Fsp3) is 0.318. The number of aromatic amines is 1. The molecule has 0 amide bonds. The molecule has 4 rings (SSSR count). The van der Waals surface area contributed by atoms with Crippen LogP contribution in [0.2, 0.25) is 0 Å². The van der Waals surface area contributed by atoms with Crippen molar-refractivity contribution in [2.75, 3.05) is 0 Å². The summed E-state index contributed by atoms with van der Waals surface area (Å²) >= 11 is 0. The number of hydrogen-bond donors (Lipinski definition) is 1. The lowest BCUT2D eigenvalue weighted by Gasteiger charge is -2.11. The van der Waals surface area contributed by atoms with Gasteiger partial charge in [-0.05, 0) is 32.8 Å². The zero-order valence-electron chi connectivity index (χ0n) is 16.9. The van der Waals surface area contributed by atoms with Crippen molar-refractivity contribution >= 4 is 0 Å². The normalized spacial score (nSPS) is 11.3. The van der Waals surface area contributed by atoms with Crippen molar-refractivity contribution in [3.63, 3.8) is 0 Å². The molecule has 0 aliphatic rings. The second-order valence-electron chi connectivity index (χ2n) is 7.10. The molecule has 28 heavy (non-hydrogen) atoms. The standard InChI is InChI=1S/C22H26N6/c1-5-19-15(2)26-28(17(19)4)12-11-27-14-25-21(18-9-7-6-8-10-18)22(27)20-16(3)23-13-24-20/h6-10,13-14H,5,11-12H2,1-4H3,(H,23,24). The zero-order valence-corrected chi connectivity index (χ0v) is 16.9. The molecule has 0 atom stereocenters. The van der Waals surface area contributed by atoms with Gasteiger partial charge in [-0.2, -0.15) is 5.10 Å². The van der Waals surface area contributed by atoms with Crippen molar-refractivity contribution in [3.8, 4) is 22.6 Å². The molecule has 0 fully saturated rings. The van der Waals surface area contributed by atoms with Crippen LogP contribution < -0.4 is 0 Å². The first-order chi connectivity index (χ1) is 13.6.